The zero-order chi connectivity index (χ0) is 12.7. The molecule has 0 fully saturated rings. The maximum Gasteiger partial charge on any atom is 0.0716 e. The van der Waals surface area contributed by atoms with Crippen LogP contribution in [0.3, 0.4) is 0 Å². The van der Waals surface area contributed by atoms with E-state index in [2.05, 4.69) is 52.4 Å². The van der Waals surface area contributed by atoms with Crippen LogP contribution in [-0.4, -0.2) is 9.97 Å². The molecule has 0 aliphatic carbocycles. The molecule has 2 heterocycles. The van der Waals surface area contributed by atoms with Gasteiger partial charge in [-0.1, -0.05) is 36.4 Å². The number of nitrogens with zero attached hydrogens (tertiary/aromatic N) is 1. The Balaban J connectivity index is 2.15. The number of nitrogens with one attached hydrogen (secondary N) is 1. The number of fused-ring (bicyclic) bond motifs is 3. The molecule has 0 radical (unpaired) electrons. The Kier molecular flexibility index (Phi) is 2.15. The third kappa shape index (κ3) is 1.54. The van der Waals surface area contributed by atoms with E-state index in [0.717, 1.165) is 11.0 Å². The summed E-state index contributed by atoms with van der Waals surface area (Å²) in [7, 11) is 0. The third-order valence-corrected chi connectivity index (χ3v) is 3.51. The standard InChI is InChI=1S/C17H12N2/c1-2-5-12(6-3-1)14-11-19-16-9-8-15-13(17(14)16)7-4-10-18-15/h1-11,18H. The average Bonchev–Trinajstić information content (AvgIpc) is 2.92. The van der Waals surface area contributed by atoms with E-state index >= 15 is 0 Å². The number of pyridine rings is 1. The van der Waals surface area contributed by atoms with Crippen molar-refractivity contribution in [2.45, 2.75) is 0 Å². The highest BCUT2D eigenvalue weighted by Crippen LogP contribution is 2.33. The van der Waals surface area contributed by atoms with E-state index in [1.165, 1.54) is 21.9 Å². The molecule has 0 spiro atoms. The smallest absolute Gasteiger partial charge is 0.0716 e. The molecule has 0 amide bonds. The largest absolute Gasteiger partial charge is 0.361 e. The van der Waals surface area contributed by atoms with E-state index in [9.17, 15) is 0 Å². The van der Waals surface area contributed by atoms with Crippen LogP contribution in [0.5, 0.6) is 0 Å². The summed E-state index contributed by atoms with van der Waals surface area (Å²) in [4.78, 5) is 7.81. The third-order valence-electron chi connectivity index (χ3n) is 3.51. The van der Waals surface area contributed by atoms with Crippen LogP contribution in [0, 0.1) is 0 Å². The molecule has 4 rings (SSSR count). The van der Waals surface area contributed by atoms with Gasteiger partial charge in [0, 0.05) is 34.2 Å². The summed E-state index contributed by atoms with van der Waals surface area (Å²) in [5.41, 5.74) is 4.59. The lowest BCUT2D eigenvalue weighted by molar-refractivity contribution is 1.42. The van der Waals surface area contributed by atoms with E-state index in [1.54, 1.807) is 0 Å². The van der Waals surface area contributed by atoms with Gasteiger partial charge in [0.25, 0.3) is 0 Å². The lowest BCUT2D eigenvalue weighted by Crippen LogP contribution is -1.80. The molecular formula is C17H12N2. The summed E-state index contributed by atoms with van der Waals surface area (Å²) < 4.78 is 0. The molecule has 0 bridgehead atoms. The molecule has 2 aromatic heterocycles. The maximum atomic E-state index is 4.53. The molecule has 0 saturated heterocycles. The average molecular weight is 244 g/mol. The minimum Gasteiger partial charge on any atom is -0.361 e. The van der Waals surface area contributed by atoms with Gasteiger partial charge >= 0.3 is 0 Å². The Hall–Kier alpha value is -2.61. The molecule has 1 N–H and O–H groups in total. The van der Waals surface area contributed by atoms with Gasteiger partial charge in [0.2, 0.25) is 0 Å². The highest BCUT2D eigenvalue weighted by atomic mass is 14.7. The predicted octanol–water partition coefficient (Wildman–Crippen LogP) is 4.38. The summed E-state index contributed by atoms with van der Waals surface area (Å²) in [5, 5.41) is 2.44. The molecular weight excluding hydrogens is 232 g/mol. The fraction of sp³-hybridized carbons (Fsp3) is 0. The molecule has 2 nitrogen and oxygen atoms in total. The van der Waals surface area contributed by atoms with Gasteiger partial charge < -0.3 is 4.98 Å². The van der Waals surface area contributed by atoms with Crippen molar-refractivity contribution in [1.82, 2.24) is 9.97 Å². The van der Waals surface area contributed by atoms with Crippen molar-refractivity contribution in [3.05, 3.63) is 67.0 Å². The van der Waals surface area contributed by atoms with Crippen molar-refractivity contribution in [2.75, 3.05) is 0 Å². The molecule has 2 aromatic carbocycles. The second-order valence-corrected chi connectivity index (χ2v) is 4.63. The Morgan fingerprint density at radius 1 is 0.842 bits per heavy atom. The number of rotatable bonds is 1. The fourth-order valence-electron chi connectivity index (χ4n) is 2.62. The second kappa shape index (κ2) is 3.95. The van der Waals surface area contributed by atoms with Gasteiger partial charge in [-0.25, -0.2) is 0 Å². The Bertz CT molecular complexity index is 860. The van der Waals surface area contributed by atoms with Crippen LogP contribution in [0.4, 0.5) is 0 Å². The maximum absolute atomic E-state index is 4.53. The quantitative estimate of drug-likeness (QED) is 0.528. The van der Waals surface area contributed by atoms with Crippen molar-refractivity contribution >= 4 is 21.8 Å². The lowest BCUT2D eigenvalue weighted by atomic mass is 10.0. The van der Waals surface area contributed by atoms with Crippen LogP contribution in [0.1, 0.15) is 0 Å². The fourth-order valence-corrected chi connectivity index (χ4v) is 2.62. The van der Waals surface area contributed by atoms with Crippen LogP contribution in [0.25, 0.3) is 32.9 Å². The zero-order valence-electron chi connectivity index (χ0n) is 10.3. The van der Waals surface area contributed by atoms with Gasteiger partial charge in [-0.15, -0.1) is 0 Å². The van der Waals surface area contributed by atoms with Crippen LogP contribution >= 0.6 is 0 Å². The second-order valence-electron chi connectivity index (χ2n) is 4.63. The van der Waals surface area contributed by atoms with Crippen molar-refractivity contribution in [3.8, 4) is 11.1 Å². The molecule has 19 heavy (non-hydrogen) atoms. The first kappa shape index (κ1) is 10.3. The zero-order valence-corrected chi connectivity index (χ0v) is 10.3. The number of benzene rings is 2. The predicted molar refractivity (Wildman–Crippen MR) is 79.0 cm³/mol. The Morgan fingerprint density at radius 2 is 1.74 bits per heavy atom. The van der Waals surface area contributed by atoms with Gasteiger partial charge in [-0.2, -0.15) is 0 Å². The van der Waals surface area contributed by atoms with E-state index in [-0.39, 0.29) is 0 Å². The first-order chi connectivity index (χ1) is 9.43. The lowest BCUT2D eigenvalue weighted by Gasteiger charge is -2.03. The summed E-state index contributed by atoms with van der Waals surface area (Å²) in [5.74, 6) is 0. The summed E-state index contributed by atoms with van der Waals surface area (Å²) in [6.45, 7) is 0. The van der Waals surface area contributed by atoms with Crippen molar-refractivity contribution in [3.63, 3.8) is 0 Å². The van der Waals surface area contributed by atoms with E-state index < -0.39 is 0 Å². The van der Waals surface area contributed by atoms with Gasteiger partial charge in [0.05, 0.1) is 5.52 Å². The molecule has 0 aliphatic heterocycles. The summed E-state index contributed by atoms with van der Waals surface area (Å²) in [6.07, 6.45) is 3.92. The molecule has 90 valence electrons. The van der Waals surface area contributed by atoms with Gasteiger partial charge in [0.1, 0.15) is 0 Å². The van der Waals surface area contributed by atoms with Crippen LogP contribution in [-0.2, 0) is 0 Å². The van der Waals surface area contributed by atoms with E-state index in [0.29, 0.717) is 0 Å². The molecule has 0 saturated carbocycles. The van der Waals surface area contributed by atoms with Gasteiger partial charge in [0.15, 0.2) is 0 Å². The molecule has 0 atom stereocenters. The Morgan fingerprint density at radius 3 is 2.63 bits per heavy atom. The molecule has 0 aliphatic rings. The van der Waals surface area contributed by atoms with Crippen molar-refractivity contribution < 1.29 is 0 Å². The van der Waals surface area contributed by atoms with Crippen LogP contribution < -0.4 is 0 Å². The van der Waals surface area contributed by atoms with Crippen molar-refractivity contribution in [1.29, 1.82) is 0 Å². The highest BCUT2D eigenvalue weighted by Gasteiger charge is 2.09. The normalized spacial score (nSPS) is 11.2. The Labute approximate surface area is 110 Å². The highest BCUT2D eigenvalue weighted by molar-refractivity contribution is 6.12. The SMILES string of the molecule is c1ccc(-c2cnc3ccc4[nH]cccc4c23)cc1. The molecule has 0 unspecified atom stereocenters. The monoisotopic (exact) mass is 244 g/mol. The summed E-state index contributed by atoms with van der Waals surface area (Å²) in [6, 6.07) is 18.7. The molecule has 2 heteroatoms. The van der Waals surface area contributed by atoms with E-state index in [4.69, 9.17) is 0 Å². The van der Waals surface area contributed by atoms with Gasteiger partial charge in [-0.05, 0) is 23.8 Å². The van der Waals surface area contributed by atoms with Crippen LogP contribution in [0.2, 0.25) is 0 Å². The van der Waals surface area contributed by atoms with Gasteiger partial charge in [-0.3, -0.25) is 4.98 Å². The number of aromatic nitrogens is 2. The number of aromatic amines is 1. The van der Waals surface area contributed by atoms with E-state index in [1.807, 2.05) is 24.5 Å². The topological polar surface area (TPSA) is 28.7 Å². The minimum atomic E-state index is 1.05. The minimum absolute atomic E-state index is 1.05. The number of hydrogen-bond donors (Lipinski definition) is 1. The van der Waals surface area contributed by atoms with Crippen molar-refractivity contribution in [2.24, 2.45) is 0 Å². The first-order valence-electron chi connectivity index (χ1n) is 6.34. The summed E-state index contributed by atoms with van der Waals surface area (Å²) >= 11 is 0. The number of hydrogen-bond acceptors (Lipinski definition) is 1. The first-order valence-corrected chi connectivity index (χ1v) is 6.34. The van der Waals surface area contributed by atoms with Crippen LogP contribution in [0.15, 0.2) is 67.0 Å². The molecule has 4 aromatic rings. The number of H-pyrrole nitrogens is 1.